The van der Waals surface area contributed by atoms with E-state index >= 15 is 0 Å². The van der Waals surface area contributed by atoms with Crippen LogP contribution in [0.1, 0.15) is 35.8 Å². The molecule has 4 aromatic rings. The van der Waals surface area contributed by atoms with Gasteiger partial charge >= 0.3 is 0 Å². The topological polar surface area (TPSA) is 85.8 Å². The average Bonchev–Trinajstić information content (AvgIpc) is 3.55. The zero-order valence-electron chi connectivity index (χ0n) is 16.8. The van der Waals surface area contributed by atoms with Gasteiger partial charge in [0, 0.05) is 74.2 Å². The van der Waals surface area contributed by atoms with Crippen molar-refractivity contribution in [3.63, 3.8) is 0 Å². The summed E-state index contributed by atoms with van der Waals surface area (Å²) in [6.07, 6.45) is 11.3. The molecule has 0 bridgehead atoms. The third-order valence-corrected chi connectivity index (χ3v) is 5.62. The highest BCUT2D eigenvalue weighted by molar-refractivity contribution is 5.52. The summed E-state index contributed by atoms with van der Waals surface area (Å²) in [6.45, 7) is 5.56. The van der Waals surface area contributed by atoms with Gasteiger partial charge in [0.25, 0.3) is 0 Å². The first-order chi connectivity index (χ1) is 14.8. The molecule has 1 fully saturated rings. The van der Waals surface area contributed by atoms with Crippen LogP contribution in [0.4, 0.5) is 0 Å². The Bertz CT molecular complexity index is 1090. The molecule has 4 aromatic heterocycles. The zero-order chi connectivity index (χ0) is 20.3. The lowest BCUT2D eigenvalue weighted by atomic mass is 9.90. The number of likely N-dealkylation sites (tertiary alicyclic amines) is 1. The Kier molecular flexibility index (Phi) is 5.06. The van der Waals surface area contributed by atoms with Crippen LogP contribution in [0.5, 0.6) is 0 Å². The van der Waals surface area contributed by atoms with Gasteiger partial charge in [0.1, 0.15) is 0 Å². The molecule has 8 nitrogen and oxygen atoms in total. The average molecular weight is 401 g/mol. The van der Waals surface area contributed by atoms with Crippen LogP contribution in [0, 0.1) is 0 Å². The summed E-state index contributed by atoms with van der Waals surface area (Å²) in [7, 11) is 0. The van der Waals surface area contributed by atoms with E-state index in [0.717, 1.165) is 31.7 Å². The summed E-state index contributed by atoms with van der Waals surface area (Å²) in [6, 6.07) is 7.89. The fourth-order valence-electron chi connectivity index (χ4n) is 4.12. The first-order valence-electron chi connectivity index (χ1n) is 10.2. The second kappa shape index (κ2) is 8.16. The van der Waals surface area contributed by atoms with E-state index in [2.05, 4.69) is 44.3 Å². The van der Waals surface area contributed by atoms with Crippen LogP contribution in [-0.2, 0) is 13.1 Å². The van der Waals surface area contributed by atoms with Crippen LogP contribution in [0.2, 0.25) is 0 Å². The van der Waals surface area contributed by atoms with Crippen LogP contribution in [-0.4, -0.2) is 47.9 Å². The summed E-state index contributed by atoms with van der Waals surface area (Å²) in [5.41, 5.74) is 3.31. The largest absolute Gasteiger partial charge is 0.339 e. The highest BCUT2D eigenvalue weighted by Crippen LogP contribution is 2.39. The van der Waals surface area contributed by atoms with Crippen LogP contribution in [0.15, 0.2) is 66.0 Å². The highest BCUT2D eigenvalue weighted by Gasteiger charge is 2.38. The predicted octanol–water partition coefficient (Wildman–Crippen LogP) is 3.13. The number of rotatable bonds is 6. The summed E-state index contributed by atoms with van der Waals surface area (Å²) in [5, 5.41) is 8.62. The van der Waals surface area contributed by atoms with Gasteiger partial charge in [-0.05, 0) is 30.7 Å². The smallest absolute Gasteiger partial charge is 0.232 e. The van der Waals surface area contributed by atoms with E-state index in [9.17, 15) is 0 Å². The summed E-state index contributed by atoms with van der Waals surface area (Å²) in [5.74, 6) is 1.62. The van der Waals surface area contributed by atoms with Gasteiger partial charge in [-0.1, -0.05) is 11.2 Å². The van der Waals surface area contributed by atoms with Crippen LogP contribution in [0.25, 0.3) is 11.4 Å². The molecule has 152 valence electrons. The third kappa shape index (κ3) is 3.73. The van der Waals surface area contributed by atoms with Crippen molar-refractivity contribution >= 4 is 0 Å². The van der Waals surface area contributed by atoms with Gasteiger partial charge < -0.3 is 4.52 Å². The maximum atomic E-state index is 5.73. The van der Waals surface area contributed by atoms with E-state index in [1.54, 1.807) is 18.6 Å². The van der Waals surface area contributed by atoms with Crippen molar-refractivity contribution in [2.75, 3.05) is 13.1 Å². The third-order valence-electron chi connectivity index (χ3n) is 5.62. The molecule has 0 aliphatic carbocycles. The molecule has 5 rings (SSSR count). The molecule has 30 heavy (non-hydrogen) atoms. The Balaban J connectivity index is 1.41. The molecule has 0 unspecified atom stereocenters. The van der Waals surface area contributed by atoms with Crippen molar-refractivity contribution in [2.24, 2.45) is 0 Å². The summed E-state index contributed by atoms with van der Waals surface area (Å²) in [4.78, 5) is 15.5. The number of nitrogens with zero attached hydrogens (tertiary/aromatic N) is 7. The number of aryl methyl sites for hydroxylation is 1. The Hall–Kier alpha value is -3.39. The molecular formula is C22H23N7O. The fraction of sp³-hybridized carbons (Fsp3) is 0.318. The fourth-order valence-corrected chi connectivity index (χ4v) is 4.12. The number of pyridine rings is 2. The minimum absolute atomic E-state index is 0.110. The second-order valence-electron chi connectivity index (χ2n) is 7.59. The Labute approximate surface area is 174 Å². The Morgan fingerprint density at radius 2 is 1.90 bits per heavy atom. The monoisotopic (exact) mass is 401 g/mol. The van der Waals surface area contributed by atoms with Gasteiger partial charge in [-0.25, -0.2) is 0 Å². The van der Waals surface area contributed by atoms with Crippen molar-refractivity contribution in [3.8, 4) is 11.4 Å². The van der Waals surface area contributed by atoms with E-state index in [-0.39, 0.29) is 11.8 Å². The molecular weight excluding hydrogens is 378 g/mol. The quantitative estimate of drug-likeness (QED) is 0.491. The van der Waals surface area contributed by atoms with Crippen LogP contribution >= 0.6 is 0 Å². The lowest BCUT2D eigenvalue weighted by Crippen LogP contribution is -2.20. The molecule has 1 aliphatic heterocycles. The van der Waals surface area contributed by atoms with Gasteiger partial charge in [0.2, 0.25) is 11.7 Å². The molecule has 5 heterocycles. The van der Waals surface area contributed by atoms with Crippen molar-refractivity contribution in [3.05, 3.63) is 78.5 Å². The van der Waals surface area contributed by atoms with Gasteiger partial charge in [-0.2, -0.15) is 10.1 Å². The summed E-state index contributed by atoms with van der Waals surface area (Å²) >= 11 is 0. The first kappa shape index (κ1) is 18.6. The summed E-state index contributed by atoms with van der Waals surface area (Å²) < 4.78 is 7.69. The number of hydrogen-bond donors (Lipinski definition) is 0. The molecule has 0 aromatic carbocycles. The highest BCUT2D eigenvalue weighted by atomic mass is 16.5. The zero-order valence-corrected chi connectivity index (χ0v) is 16.8. The lowest BCUT2D eigenvalue weighted by Gasteiger charge is -2.15. The Morgan fingerprint density at radius 1 is 1.03 bits per heavy atom. The number of hydrogen-bond acceptors (Lipinski definition) is 7. The van der Waals surface area contributed by atoms with Gasteiger partial charge in [-0.3, -0.25) is 19.5 Å². The van der Waals surface area contributed by atoms with Gasteiger partial charge in [0.05, 0.1) is 12.1 Å². The van der Waals surface area contributed by atoms with E-state index in [4.69, 9.17) is 9.51 Å². The van der Waals surface area contributed by atoms with Gasteiger partial charge in [0.15, 0.2) is 0 Å². The van der Waals surface area contributed by atoms with E-state index < -0.39 is 0 Å². The van der Waals surface area contributed by atoms with Crippen molar-refractivity contribution < 1.29 is 4.52 Å². The van der Waals surface area contributed by atoms with Crippen LogP contribution < -0.4 is 0 Å². The standard InChI is InChI=1S/C22H23N7O/c1-2-29-13-16(10-25-29)12-28-14-19(18-4-3-7-24-11-18)20(15-28)22-26-21(27-30-22)17-5-8-23-9-6-17/h3-11,13,19-20H,2,12,14-15H2,1H3/t19-,20+/m0/s1. The normalized spacial score (nSPS) is 19.4. The lowest BCUT2D eigenvalue weighted by molar-refractivity contribution is 0.309. The predicted molar refractivity (Wildman–Crippen MR) is 110 cm³/mol. The minimum Gasteiger partial charge on any atom is -0.339 e. The molecule has 1 saturated heterocycles. The molecule has 1 aliphatic rings. The molecule has 0 amide bonds. The number of aromatic nitrogens is 6. The molecule has 0 spiro atoms. The van der Waals surface area contributed by atoms with Crippen molar-refractivity contribution in [2.45, 2.75) is 31.8 Å². The maximum Gasteiger partial charge on any atom is 0.232 e. The van der Waals surface area contributed by atoms with E-state index in [1.165, 1.54) is 11.1 Å². The second-order valence-corrected chi connectivity index (χ2v) is 7.59. The first-order valence-corrected chi connectivity index (χ1v) is 10.2. The van der Waals surface area contributed by atoms with Crippen LogP contribution in [0.3, 0.4) is 0 Å². The molecule has 0 saturated carbocycles. The van der Waals surface area contributed by atoms with Crippen molar-refractivity contribution in [1.29, 1.82) is 0 Å². The minimum atomic E-state index is 0.110. The van der Waals surface area contributed by atoms with E-state index in [1.807, 2.05) is 35.3 Å². The maximum absolute atomic E-state index is 5.73. The van der Waals surface area contributed by atoms with Crippen molar-refractivity contribution in [1.82, 2.24) is 34.8 Å². The van der Waals surface area contributed by atoms with Gasteiger partial charge in [-0.15, -0.1) is 0 Å². The SMILES string of the molecule is CCn1cc(CN2C[C@@H](c3cccnc3)[C@H](c3nc(-c4ccncc4)no3)C2)cn1. The molecule has 0 N–H and O–H groups in total. The molecule has 0 radical (unpaired) electrons. The molecule has 8 heteroatoms. The Morgan fingerprint density at radius 3 is 2.67 bits per heavy atom. The molecule has 2 atom stereocenters. The van der Waals surface area contributed by atoms with E-state index in [0.29, 0.717) is 11.7 Å².